The largest absolute Gasteiger partial charge is 0.411 e. The molecule has 8 heteroatoms. The molecule has 0 amide bonds. The second-order valence-electron chi connectivity index (χ2n) is 4.60. The summed E-state index contributed by atoms with van der Waals surface area (Å²) < 4.78 is 1.56. The number of rotatable bonds is 5. The zero-order chi connectivity index (χ0) is 13.9. The average Bonchev–Trinajstić information content (AvgIpc) is 2.67. The highest BCUT2D eigenvalue weighted by molar-refractivity contribution is 6.20. The first-order valence-corrected chi connectivity index (χ1v) is 5.81. The Morgan fingerprint density at radius 3 is 2.72 bits per heavy atom. The van der Waals surface area contributed by atoms with Gasteiger partial charge in [-0.1, -0.05) is 19.0 Å². The third-order valence-corrected chi connectivity index (χ3v) is 3.37. The number of halogens is 1. The molecule has 0 bridgehead atoms. The number of alkyl halides is 1. The van der Waals surface area contributed by atoms with Crippen LogP contribution in [0, 0.1) is 22.5 Å². The van der Waals surface area contributed by atoms with Crippen molar-refractivity contribution in [2.24, 2.45) is 10.6 Å². The van der Waals surface area contributed by atoms with Crippen LogP contribution in [0.3, 0.4) is 0 Å². The van der Waals surface area contributed by atoms with E-state index >= 15 is 0 Å². The van der Waals surface area contributed by atoms with E-state index in [9.17, 15) is 10.1 Å². The molecule has 100 valence electrons. The number of imidazole rings is 1. The van der Waals surface area contributed by atoms with Gasteiger partial charge in [0.2, 0.25) is 5.82 Å². The number of hydrogen-bond donors (Lipinski definition) is 1. The molecule has 0 saturated carbocycles. The van der Waals surface area contributed by atoms with Gasteiger partial charge in [0.25, 0.3) is 0 Å². The topological polar surface area (TPSA) is 93.5 Å². The molecule has 0 unspecified atom stereocenters. The molecule has 1 aromatic rings. The molecule has 0 atom stereocenters. The molecule has 0 aliphatic rings. The van der Waals surface area contributed by atoms with Crippen molar-refractivity contribution in [1.82, 2.24) is 9.55 Å². The van der Waals surface area contributed by atoms with Crippen LogP contribution in [-0.4, -0.2) is 31.3 Å². The van der Waals surface area contributed by atoms with Gasteiger partial charge in [-0.2, -0.15) is 0 Å². The standard InChI is InChI=1S/C10H15ClN4O3/c1-7-12-9(15(17)18)5-14(7)4-8(13-16)10(2,3)6-11/h5,16H,4,6H2,1-3H3/b13-8-. The predicted molar refractivity (Wildman–Crippen MR) is 67.3 cm³/mol. The predicted octanol–water partition coefficient (Wildman–Crippen LogP) is 2.19. The summed E-state index contributed by atoms with van der Waals surface area (Å²) in [6.07, 6.45) is 1.31. The van der Waals surface area contributed by atoms with Gasteiger partial charge >= 0.3 is 5.82 Å². The zero-order valence-corrected chi connectivity index (χ0v) is 11.2. The molecular formula is C10H15ClN4O3. The SMILES string of the molecule is Cc1nc([N+](=O)[O-])cn1C/C(=N/O)C(C)(C)CCl. The molecule has 1 N–H and O–H groups in total. The summed E-state index contributed by atoms with van der Waals surface area (Å²) in [5.41, 5.74) is -0.0604. The molecule has 0 aliphatic carbocycles. The minimum atomic E-state index is -0.564. The summed E-state index contributed by atoms with van der Waals surface area (Å²) in [6, 6.07) is 0. The van der Waals surface area contributed by atoms with Crippen LogP contribution >= 0.6 is 11.6 Å². The van der Waals surface area contributed by atoms with Gasteiger partial charge in [0.15, 0.2) is 0 Å². The molecular weight excluding hydrogens is 260 g/mol. The highest BCUT2D eigenvalue weighted by atomic mass is 35.5. The molecule has 0 aliphatic heterocycles. The Balaban J connectivity index is 3.00. The Kier molecular flexibility index (Phi) is 4.28. The van der Waals surface area contributed by atoms with Gasteiger partial charge in [0.05, 0.1) is 12.3 Å². The van der Waals surface area contributed by atoms with E-state index in [2.05, 4.69) is 10.1 Å². The van der Waals surface area contributed by atoms with Gasteiger partial charge in [0, 0.05) is 18.2 Å². The Hall–Kier alpha value is -1.63. The van der Waals surface area contributed by atoms with Crippen LogP contribution < -0.4 is 0 Å². The van der Waals surface area contributed by atoms with Crippen LogP contribution in [0.2, 0.25) is 0 Å². The second kappa shape index (κ2) is 5.34. The van der Waals surface area contributed by atoms with Gasteiger partial charge in [-0.05, 0) is 9.91 Å². The Morgan fingerprint density at radius 2 is 2.33 bits per heavy atom. The van der Waals surface area contributed by atoms with E-state index in [0.29, 0.717) is 11.5 Å². The number of aryl methyl sites for hydroxylation is 1. The highest BCUT2D eigenvalue weighted by Gasteiger charge is 2.27. The van der Waals surface area contributed by atoms with Crippen molar-refractivity contribution in [3.8, 4) is 0 Å². The number of aromatic nitrogens is 2. The van der Waals surface area contributed by atoms with Crippen LogP contribution in [0.5, 0.6) is 0 Å². The van der Waals surface area contributed by atoms with Crippen LogP contribution in [0.15, 0.2) is 11.4 Å². The lowest BCUT2D eigenvalue weighted by Crippen LogP contribution is -2.30. The highest BCUT2D eigenvalue weighted by Crippen LogP contribution is 2.22. The zero-order valence-electron chi connectivity index (χ0n) is 10.4. The minimum Gasteiger partial charge on any atom is -0.411 e. The van der Waals surface area contributed by atoms with Crippen LogP contribution in [-0.2, 0) is 6.54 Å². The lowest BCUT2D eigenvalue weighted by molar-refractivity contribution is -0.389. The summed E-state index contributed by atoms with van der Waals surface area (Å²) in [5.74, 6) is 0.532. The van der Waals surface area contributed by atoms with E-state index in [4.69, 9.17) is 16.8 Å². The minimum absolute atomic E-state index is 0.211. The number of nitrogens with zero attached hydrogens (tertiary/aromatic N) is 4. The van der Waals surface area contributed by atoms with Gasteiger partial charge in [0.1, 0.15) is 6.20 Å². The summed E-state index contributed by atoms with van der Waals surface area (Å²) in [5, 5.41) is 22.9. The molecule has 0 spiro atoms. The Bertz CT molecular complexity index is 481. The smallest absolute Gasteiger partial charge is 0.381 e. The third kappa shape index (κ3) is 2.98. The molecule has 1 aromatic heterocycles. The molecule has 18 heavy (non-hydrogen) atoms. The van der Waals surface area contributed by atoms with E-state index in [0.717, 1.165) is 0 Å². The van der Waals surface area contributed by atoms with Gasteiger partial charge in [-0.25, -0.2) is 0 Å². The van der Waals surface area contributed by atoms with E-state index in [1.54, 1.807) is 11.5 Å². The molecule has 0 saturated heterocycles. The van der Waals surface area contributed by atoms with E-state index in [1.807, 2.05) is 13.8 Å². The Labute approximate surface area is 109 Å². The first-order valence-electron chi connectivity index (χ1n) is 5.27. The lowest BCUT2D eigenvalue weighted by atomic mass is 9.89. The van der Waals surface area contributed by atoms with Crippen molar-refractivity contribution < 1.29 is 10.1 Å². The average molecular weight is 275 g/mol. The van der Waals surface area contributed by atoms with Gasteiger partial charge < -0.3 is 19.9 Å². The van der Waals surface area contributed by atoms with Crippen molar-refractivity contribution in [3.63, 3.8) is 0 Å². The van der Waals surface area contributed by atoms with E-state index in [-0.39, 0.29) is 18.2 Å². The molecule has 7 nitrogen and oxygen atoms in total. The molecule has 1 heterocycles. The maximum absolute atomic E-state index is 10.6. The fourth-order valence-electron chi connectivity index (χ4n) is 1.36. The quantitative estimate of drug-likeness (QED) is 0.293. The molecule has 0 radical (unpaired) electrons. The van der Waals surface area contributed by atoms with E-state index < -0.39 is 10.3 Å². The number of oxime groups is 1. The summed E-state index contributed by atoms with van der Waals surface area (Å²) in [6.45, 7) is 5.52. The summed E-state index contributed by atoms with van der Waals surface area (Å²) >= 11 is 5.80. The monoisotopic (exact) mass is 274 g/mol. The first-order chi connectivity index (χ1) is 8.31. The Morgan fingerprint density at radius 1 is 1.72 bits per heavy atom. The van der Waals surface area contributed by atoms with E-state index in [1.165, 1.54) is 6.20 Å². The number of nitro groups is 1. The van der Waals surface area contributed by atoms with Crippen molar-refractivity contribution in [2.45, 2.75) is 27.3 Å². The maximum Gasteiger partial charge on any atom is 0.381 e. The van der Waals surface area contributed by atoms with Gasteiger partial charge in [-0.15, -0.1) is 11.6 Å². The fourth-order valence-corrected chi connectivity index (χ4v) is 1.51. The van der Waals surface area contributed by atoms with Crippen molar-refractivity contribution in [1.29, 1.82) is 0 Å². The fraction of sp³-hybridized carbons (Fsp3) is 0.600. The van der Waals surface area contributed by atoms with Crippen molar-refractivity contribution in [2.75, 3.05) is 5.88 Å². The molecule has 0 fully saturated rings. The van der Waals surface area contributed by atoms with Crippen molar-refractivity contribution >= 4 is 23.1 Å². The van der Waals surface area contributed by atoms with Gasteiger partial charge in [-0.3, -0.25) is 0 Å². The van der Waals surface area contributed by atoms with Crippen LogP contribution in [0.25, 0.3) is 0 Å². The van der Waals surface area contributed by atoms with Crippen LogP contribution in [0.4, 0.5) is 5.82 Å². The lowest BCUT2D eigenvalue weighted by Gasteiger charge is -2.22. The second-order valence-corrected chi connectivity index (χ2v) is 4.86. The van der Waals surface area contributed by atoms with Crippen LogP contribution in [0.1, 0.15) is 19.7 Å². The molecule has 1 rings (SSSR count). The first kappa shape index (κ1) is 14.4. The molecule has 0 aromatic carbocycles. The summed E-state index contributed by atoms with van der Waals surface area (Å²) in [7, 11) is 0. The maximum atomic E-state index is 10.6. The normalized spacial score (nSPS) is 12.8. The van der Waals surface area contributed by atoms with Crippen molar-refractivity contribution in [3.05, 3.63) is 22.1 Å². The summed E-state index contributed by atoms with van der Waals surface area (Å²) in [4.78, 5) is 13.8. The number of hydrogen-bond acceptors (Lipinski definition) is 5. The third-order valence-electron chi connectivity index (χ3n) is 2.71.